The molecule has 0 radical (unpaired) electrons. The van der Waals surface area contributed by atoms with Crippen molar-refractivity contribution in [1.29, 1.82) is 0 Å². The fraction of sp³-hybridized carbons (Fsp3) is 0.286. The van der Waals surface area contributed by atoms with Crippen molar-refractivity contribution in [2.75, 3.05) is 31.7 Å². The highest BCUT2D eigenvalue weighted by Crippen LogP contribution is 2.31. The lowest BCUT2D eigenvalue weighted by molar-refractivity contribution is -0.134. The van der Waals surface area contributed by atoms with E-state index in [0.717, 1.165) is 5.56 Å². The molecule has 1 aliphatic heterocycles. The Morgan fingerprint density at radius 3 is 2.60 bits per heavy atom. The number of primary amides is 1. The Labute approximate surface area is 173 Å². The van der Waals surface area contributed by atoms with Crippen molar-refractivity contribution in [2.45, 2.75) is 13.5 Å². The molecular formula is C21H23N3O6. The van der Waals surface area contributed by atoms with Gasteiger partial charge in [-0.05, 0) is 42.8 Å². The topological polar surface area (TPSA) is 120 Å². The lowest BCUT2D eigenvalue weighted by Gasteiger charge is -2.23. The van der Waals surface area contributed by atoms with Crippen LogP contribution in [0.5, 0.6) is 11.5 Å². The number of carbonyl (C=O) groups excluding carboxylic acids is 3. The summed E-state index contributed by atoms with van der Waals surface area (Å²) in [6, 6.07) is 10.9. The van der Waals surface area contributed by atoms with E-state index in [1.165, 1.54) is 12.1 Å². The van der Waals surface area contributed by atoms with E-state index in [2.05, 4.69) is 5.32 Å². The number of rotatable bonds is 7. The zero-order valence-electron chi connectivity index (χ0n) is 16.6. The number of hydrogen-bond acceptors (Lipinski definition) is 6. The molecule has 0 bridgehead atoms. The van der Waals surface area contributed by atoms with Gasteiger partial charge in [0.2, 0.25) is 0 Å². The maximum absolute atomic E-state index is 12.5. The van der Waals surface area contributed by atoms with E-state index in [1.807, 2.05) is 25.1 Å². The van der Waals surface area contributed by atoms with Gasteiger partial charge in [-0.15, -0.1) is 0 Å². The van der Waals surface area contributed by atoms with Crippen molar-refractivity contribution in [3.05, 3.63) is 53.6 Å². The van der Waals surface area contributed by atoms with Gasteiger partial charge in [0.25, 0.3) is 5.91 Å². The molecule has 2 aromatic carbocycles. The summed E-state index contributed by atoms with van der Waals surface area (Å²) >= 11 is 0. The summed E-state index contributed by atoms with van der Waals surface area (Å²) < 4.78 is 16.2. The number of amides is 3. The molecule has 0 unspecified atom stereocenters. The molecule has 1 aliphatic rings. The minimum absolute atomic E-state index is 0.198. The average Bonchev–Trinajstić information content (AvgIpc) is 2.75. The predicted molar refractivity (Wildman–Crippen MR) is 108 cm³/mol. The quantitative estimate of drug-likeness (QED) is 0.671. The molecule has 1 heterocycles. The number of esters is 1. The Balaban J connectivity index is 1.57. The van der Waals surface area contributed by atoms with E-state index in [4.69, 9.17) is 19.9 Å². The van der Waals surface area contributed by atoms with Crippen molar-refractivity contribution in [2.24, 2.45) is 5.73 Å². The van der Waals surface area contributed by atoms with E-state index >= 15 is 0 Å². The SMILES string of the molecule is CCN(Cc1ccc2c(c1)OCCO2)C(=O)COC(=O)c1cccc(NC(N)=O)c1. The maximum atomic E-state index is 12.5. The Bertz CT molecular complexity index is 946. The van der Waals surface area contributed by atoms with Crippen LogP contribution in [0.1, 0.15) is 22.8 Å². The Morgan fingerprint density at radius 1 is 1.10 bits per heavy atom. The molecular weight excluding hydrogens is 390 g/mol. The molecule has 0 fully saturated rings. The van der Waals surface area contributed by atoms with Gasteiger partial charge < -0.3 is 30.2 Å². The number of urea groups is 1. The predicted octanol–water partition coefficient (Wildman–Crippen LogP) is 2.15. The van der Waals surface area contributed by atoms with Crippen LogP contribution >= 0.6 is 0 Å². The first-order valence-electron chi connectivity index (χ1n) is 9.46. The lowest BCUT2D eigenvalue weighted by Crippen LogP contribution is -2.34. The van der Waals surface area contributed by atoms with E-state index < -0.39 is 18.6 Å². The fourth-order valence-corrected chi connectivity index (χ4v) is 2.95. The van der Waals surface area contributed by atoms with Gasteiger partial charge in [-0.1, -0.05) is 12.1 Å². The van der Waals surface area contributed by atoms with Gasteiger partial charge in [0.1, 0.15) is 13.2 Å². The lowest BCUT2D eigenvalue weighted by atomic mass is 10.1. The second-order valence-corrected chi connectivity index (χ2v) is 6.53. The van der Waals surface area contributed by atoms with Crippen LogP contribution in [-0.4, -0.2) is 49.2 Å². The van der Waals surface area contributed by atoms with Crippen LogP contribution < -0.4 is 20.5 Å². The number of nitrogens with two attached hydrogens (primary N) is 1. The molecule has 0 atom stereocenters. The molecule has 9 nitrogen and oxygen atoms in total. The monoisotopic (exact) mass is 413 g/mol. The Hall–Kier alpha value is -3.75. The number of nitrogens with zero attached hydrogens (tertiary/aromatic N) is 1. The summed E-state index contributed by atoms with van der Waals surface area (Å²) in [7, 11) is 0. The molecule has 0 spiro atoms. The molecule has 30 heavy (non-hydrogen) atoms. The number of fused-ring (bicyclic) bond motifs is 1. The molecule has 0 aromatic heterocycles. The third-order valence-corrected chi connectivity index (χ3v) is 4.41. The summed E-state index contributed by atoms with van der Waals surface area (Å²) in [5.74, 6) is 0.332. The van der Waals surface area contributed by atoms with Crippen LogP contribution in [0.4, 0.5) is 10.5 Å². The van der Waals surface area contributed by atoms with Gasteiger partial charge in [0, 0.05) is 18.8 Å². The highest BCUT2D eigenvalue weighted by atomic mass is 16.6. The smallest absolute Gasteiger partial charge is 0.338 e. The van der Waals surface area contributed by atoms with E-state index in [0.29, 0.717) is 43.5 Å². The molecule has 3 rings (SSSR count). The molecule has 0 saturated carbocycles. The van der Waals surface area contributed by atoms with Crippen LogP contribution in [0.15, 0.2) is 42.5 Å². The van der Waals surface area contributed by atoms with Gasteiger partial charge >= 0.3 is 12.0 Å². The van der Waals surface area contributed by atoms with Crippen molar-refractivity contribution < 1.29 is 28.6 Å². The van der Waals surface area contributed by atoms with Crippen LogP contribution in [0.3, 0.4) is 0 Å². The number of benzene rings is 2. The second kappa shape index (κ2) is 9.64. The minimum Gasteiger partial charge on any atom is -0.486 e. The molecule has 0 aliphatic carbocycles. The minimum atomic E-state index is -0.742. The van der Waals surface area contributed by atoms with Crippen LogP contribution in [0.2, 0.25) is 0 Å². The summed E-state index contributed by atoms with van der Waals surface area (Å²) in [6.45, 7) is 3.24. The third-order valence-electron chi connectivity index (χ3n) is 4.41. The highest BCUT2D eigenvalue weighted by Gasteiger charge is 2.18. The zero-order valence-corrected chi connectivity index (χ0v) is 16.6. The molecule has 0 saturated heterocycles. The third kappa shape index (κ3) is 5.40. The molecule has 3 N–H and O–H groups in total. The summed E-state index contributed by atoms with van der Waals surface area (Å²) in [6.07, 6.45) is 0. The van der Waals surface area contributed by atoms with E-state index in [-0.39, 0.29) is 11.5 Å². The largest absolute Gasteiger partial charge is 0.486 e. The molecule has 9 heteroatoms. The highest BCUT2D eigenvalue weighted by molar-refractivity contribution is 5.94. The summed E-state index contributed by atoms with van der Waals surface area (Å²) in [4.78, 5) is 37.3. The average molecular weight is 413 g/mol. The first kappa shape index (κ1) is 21.0. The summed E-state index contributed by atoms with van der Waals surface area (Å²) in [5.41, 5.74) is 6.50. The van der Waals surface area contributed by atoms with Crippen molar-refractivity contribution >= 4 is 23.6 Å². The van der Waals surface area contributed by atoms with E-state index in [9.17, 15) is 14.4 Å². The van der Waals surface area contributed by atoms with Gasteiger partial charge in [0.15, 0.2) is 18.1 Å². The van der Waals surface area contributed by atoms with Crippen molar-refractivity contribution in [1.82, 2.24) is 4.90 Å². The van der Waals surface area contributed by atoms with Crippen molar-refractivity contribution in [3.8, 4) is 11.5 Å². The number of likely N-dealkylation sites (N-methyl/N-ethyl adjacent to an activating group) is 1. The Morgan fingerprint density at radius 2 is 1.87 bits per heavy atom. The first-order chi connectivity index (χ1) is 14.5. The second-order valence-electron chi connectivity index (χ2n) is 6.53. The van der Waals surface area contributed by atoms with Crippen molar-refractivity contribution in [3.63, 3.8) is 0 Å². The molecule has 2 aromatic rings. The normalized spacial score (nSPS) is 12.0. The Kier molecular flexibility index (Phi) is 6.74. The standard InChI is InChI=1S/C21H23N3O6/c1-2-24(12-14-6-7-17-18(10-14)29-9-8-28-17)19(25)13-30-20(26)15-4-3-5-16(11-15)23-21(22)27/h3-7,10-11H,2,8-9,12-13H2,1H3,(H3,22,23,27). The van der Waals surface area contributed by atoms with Gasteiger partial charge in [0.05, 0.1) is 5.56 Å². The number of anilines is 1. The van der Waals surface area contributed by atoms with Gasteiger partial charge in [-0.25, -0.2) is 9.59 Å². The number of ether oxygens (including phenoxy) is 3. The number of hydrogen-bond donors (Lipinski definition) is 2. The molecule has 3 amide bonds. The molecule has 158 valence electrons. The van der Waals surface area contributed by atoms with Gasteiger partial charge in [-0.3, -0.25) is 4.79 Å². The number of carbonyl (C=O) groups is 3. The maximum Gasteiger partial charge on any atom is 0.338 e. The fourth-order valence-electron chi connectivity index (χ4n) is 2.95. The number of nitrogens with one attached hydrogen (secondary N) is 1. The van der Waals surface area contributed by atoms with Crippen LogP contribution in [0.25, 0.3) is 0 Å². The van der Waals surface area contributed by atoms with Crippen LogP contribution in [-0.2, 0) is 16.1 Å². The van der Waals surface area contributed by atoms with E-state index in [1.54, 1.807) is 17.0 Å². The first-order valence-corrected chi connectivity index (χ1v) is 9.46. The zero-order chi connectivity index (χ0) is 21.5. The van der Waals surface area contributed by atoms with Gasteiger partial charge in [-0.2, -0.15) is 0 Å². The summed E-state index contributed by atoms with van der Waals surface area (Å²) in [5, 5.41) is 2.38. The van der Waals surface area contributed by atoms with Crippen LogP contribution in [0, 0.1) is 0 Å².